The van der Waals surface area contributed by atoms with Crippen LogP contribution in [0.1, 0.15) is 46.9 Å². The number of aromatic nitrogens is 1. The summed E-state index contributed by atoms with van der Waals surface area (Å²) in [5.74, 6) is 0.249. The van der Waals surface area contributed by atoms with Crippen LogP contribution in [0.2, 0.25) is 0 Å². The zero-order valence-corrected chi connectivity index (χ0v) is 20.6. The first-order chi connectivity index (χ1) is 18.1. The summed E-state index contributed by atoms with van der Waals surface area (Å²) in [5, 5.41) is 0.589. The zero-order chi connectivity index (χ0) is 25.4. The maximum Gasteiger partial charge on any atom is 0.342 e. The summed E-state index contributed by atoms with van der Waals surface area (Å²) in [7, 11) is 0. The number of rotatable bonds is 7. The minimum absolute atomic E-state index is 0.167. The second-order valence-electron chi connectivity index (χ2n) is 9.29. The molecular formula is C29H27N3O5. The van der Waals surface area contributed by atoms with Crippen LogP contribution in [0.15, 0.2) is 71.6 Å². The van der Waals surface area contributed by atoms with Gasteiger partial charge in [-0.2, -0.15) is 0 Å². The van der Waals surface area contributed by atoms with Crippen molar-refractivity contribution >= 4 is 34.2 Å². The third-order valence-corrected chi connectivity index (χ3v) is 6.72. The molecule has 4 aromatic rings. The fourth-order valence-corrected chi connectivity index (χ4v) is 4.77. The molecule has 1 fully saturated rings. The van der Waals surface area contributed by atoms with Gasteiger partial charge in [-0.05, 0) is 55.7 Å². The minimum Gasteiger partial charge on any atom is -0.463 e. The summed E-state index contributed by atoms with van der Waals surface area (Å²) in [5.41, 5.74) is 3.24. The highest BCUT2D eigenvalue weighted by molar-refractivity contribution is 6.10. The Balaban J connectivity index is 1.29. The van der Waals surface area contributed by atoms with Crippen LogP contribution in [0, 0.1) is 0 Å². The van der Waals surface area contributed by atoms with Crippen molar-refractivity contribution in [1.29, 1.82) is 0 Å². The number of nitrogens with zero attached hydrogens (tertiary/aromatic N) is 3. The van der Waals surface area contributed by atoms with Crippen LogP contribution in [0.3, 0.4) is 0 Å². The first-order valence-corrected chi connectivity index (χ1v) is 12.6. The number of amides is 1. The third kappa shape index (κ3) is 4.39. The quantitative estimate of drug-likeness (QED) is 0.298. The lowest BCUT2D eigenvalue weighted by Crippen LogP contribution is -2.45. The normalized spacial score (nSPS) is 14.9. The van der Waals surface area contributed by atoms with Gasteiger partial charge in [0.1, 0.15) is 34.5 Å². The van der Waals surface area contributed by atoms with Gasteiger partial charge in [-0.25, -0.2) is 4.79 Å². The van der Waals surface area contributed by atoms with E-state index in [9.17, 15) is 9.59 Å². The van der Waals surface area contributed by atoms with Crippen molar-refractivity contribution < 1.29 is 23.5 Å². The summed E-state index contributed by atoms with van der Waals surface area (Å²) in [6.07, 6.45) is 7.65. The summed E-state index contributed by atoms with van der Waals surface area (Å²) in [6, 6.07) is 15.5. The second-order valence-corrected chi connectivity index (χ2v) is 9.29. The Hall–Kier alpha value is -4.33. The van der Waals surface area contributed by atoms with Crippen LogP contribution >= 0.6 is 0 Å². The van der Waals surface area contributed by atoms with E-state index in [2.05, 4.69) is 16.0 Å². The van der Waals surface area contributed by atoms with E-state index >= 15 is 0 Å². The Kier molecular flexibility index (Phi) is 6.00. The van der Waals surface area contributed by atoms with Gasteiger partial charge in [-0.15, -0.1) is 0 Å². The van der Waals surface area contributed by atoms with E-state index in [1.807, 2.05) is 25.1 Å². The number of pyridine rings is 1. The van der Waals surface area contributed by atoms with Crippen molar-refractivity contribution in [1.82, 2.24) is 4.98 Å². The zero-order valence-electron chi connectivity index (χ0n) is 20.6. The first kappa shape index (κ1) is 23.1. The number of esters is 1. The first-order valence-electron chi connectivity index (χ1n) is 12.6. The molecule has 0 saturated heterocycles. The van der Waals surface area contributed by atoms with Gasteiger partial charge in [0.15, 0.2) is 0 Å². The predicted molar refractivity (Wildman–Crippen MR) is 140 cm³/mol. The highest BCUT2D eigenvalue weighted by Gasteiger charge is 2.36. The van der Waals surface area contributed by atoms with E-state index in [4.69, 9.17) is 13.9 Å². The topological polar surface area (TPSA) is 85.1 Å². The van der Waals surface area contributed by atoms with E-state index in [1.54, 1.807) is 35.4 Å². The monoisotopic (exact) mass is 497 g/mol. The maximum absolute atomic E-state index is 13.8. The fourth-order valence-electron chi connectivity index (χ4n) is 4.77. The Morgan fingerprint density at radius 3 is 2.70 bits per heavy atom. The number of furan rings is 1. The molecule has 2 aromatic carbocycles. The fraction of sp³-hybridized carbons (Fsp3) is 0.276. The Bertz CT molecular complexity index is 1480. The molecule has 37 heavy (non-hydrogen) atoms. The maximum atomic E-state index is 13.8. The molecule has 1 aliphatic heterocycles. The van der Waals surface area contributed by atoms with Gasteiger partial charge in [-0.3, -0.25) is 9.78 Å². The number of carbonyl (C=O) groups excluding carboxylic acids is 2. The van der Waals surface area contributed by atoms with Crippen LogP contribution < -0.4 is 14.5 Å². The molecular weight excluding hydrogens is 470 g/mol. The standard InChI is InChI=1S/C29H27N3O5/c1-2-15-35-29(34)23-18-36-26-10-9-20(16-21(23)26)37-27-11-12-30-17-22(27)28(33)32-14-13-31(19-7-8-19)24-5-3-4-6-25(24)32/h3-6,9-12,16-19H,2,7-8,13-15H2,1H3. The van der Waals surface area contributed by atoms with Crippen molar-refractivity contribution in [3.05, 3.63) is 78.3 Å². The second kappa shape index (κ2) is 9.61. The average molecular weight is 498 g/mol. The molecule has 0 radical (unpaired) electrons. The molecule has 2 aromatic heterocycles. The molecule has 2 aliphatic rings. The Morgan fingerprint density at radius 1 is 1.05 bits per heavy atom. The van der Waals surface area contributed by atoms with E-state index < -0.39 is 5.97 Å². The lowest BCUT2D eigenvalue weighted by molar-refractivity contribution is 0.0506. The van der Waals surface area contributed by atoms with E-state index in [-0.39, 0.29) is 5.91 Å². The van der Waals surface area contributed by atoms with Crippen LogP contribution in [-0.4, -0.2) is 42.6 Å². The summed E-state index contributed by atoms with van der Waals surface area (Å²) < 4.78 is 17.0. The van der Waals surface area contributed by atoms with Gasteiger partial charge in [-0.1, -0.05) is 19.1 Å². The van der Waals surface area contributed by atoms with Gasteiger partial charge >= 0.3 is 5.97 Å². The van der Waals surface area contributed by atoms with E-state index in [0.29, 0.717) is 52.8 Å². The third-order valence-electron chi connectivity index (χ3n) is 6.72. The Morgan fingerprint density at radius 2 is 1.89 bits per heavy atom. The molecule has 8 heteroatoms. The van der Waals surface area contributed by atoms with Crippen molar-refractivity contribution in [2.24, 2.45) is 0 Å². The molecule has 3 heterocycles. The number of fused-ring (bicyclic) bond motifs is 2. The number of anilines is 2. The SMILES string of the molecule is CCCOC(=O)c1coc2ccc(Oc3ccncc3C(=O)N3CCN(C4CC4)c4ccccc43)cc12. The van der Waals surface area contributed by atoms with Gasteiger partial charge in [0, 0.05) is 36.9 Å². The molecule has 0 atom stereocenters. The van der Waals surface area contributed by atoms with Gasteiger partial charge < -0.3 is 23.7 Å². The molecule has 0 N–H and O–H groups in total. The lowest BCUT2D eigenvalue weighted by Gasteiger charge is -2.38. The number of carbonyl (C=O) groups is 2. The van der Waals surface area contributed by atoms with Crippen molar-refractivity contribution in [3.8, 4) is 11.5 Å². The number of hydrogen-bond donors (Lipinski definition) is 0. The molecule has 1 amide bonds. The number of para-hydroxylation sites is 2. The average Bonchev–Trinajstić information content (AvgIpc) is 3.69. The van der Waals surface area contributed by atoms with Crippen LogP contribution in [0.4, 0.5) is 11.4 Å². The largest absolute Gasteiger partial charge is 0.463 e. The van der Waals surface area contributed by atoms with Crippen LogP contribution in [0.25, 0.3) is 11.0 Å². The molecule has 0 spiro atoms. The highest BCUT2D eigenvalue weighted by Crippen LogP contribution is 2.41. The van der Waals surface area contributed by atoms with Crippen molar-refractivity contribution in [2.75, 3.05) is 29.5 Å². The minimum atomic E-state index is -0.443. The lowest BCUT2D eigenvalue weighted by atomic mass is 10.1. The van der Waals surface area contributed by atoms with Crippen molar-refractivity contribution in [2.45, 2.75) is 32.2 Å². The number of ether oxygens (including phenoxy) is 2. The van der Waals surface area contributed by atoms with E-state index in [1.165, 1.54) is 25.3 Å². The van der Waals surface area contributed by atoms with Crippen LogP contribution in [0.5, 0.6) is 11.5 Å². The number of hydrogen-bond acceptors (Lipinski definition) is 7. The van der Waals surface area contributed by atoms with Gasteiger partial charge in [0.2, 0.25) is 0 Å². The smallest absolute Gasteiger partial charge is 0.342 e. The molecule has 0 unspecified atom stereocenters. The summed E-state index contributed by atoms with van der Waals surface area (Å²) >= 11 is 0. The summed E-state index contributed by atoms with van der Waals surface area (Å²) in [4.78, 5) is 34.7. The number of benzene rings is 2. The molecule has 8 nitrogen and oxygen atoms in total. The Labute approximate surface area is 214 Å². The van der Waals surface area contributed by atoms with Crippen LogP contribution in [-0.2, 0) is 4.74 Å². The molecule has 0 bridgehead atoms. The molecule has 188 valence electrons. The van der Waals surface area contributed by atoms with Gasteiger partial charge in [0.25, 0.3) is 5.91 Å². The van der Waals surface area contributed by atoms with E-state index in [0.717, 1.165) is 24.3 Å². The van der Waals surface area contributed by atoms with Crippen molar-refractivity contribution in [3.63, 3.8) is 0 Å². The summed E-state index contributed by atoms with van der Waals surface area (Å²) in [6.45, 7) is 3.65. The highest BCUT2D eigenvalue weighted by atomic mass is 16.5. The molecule has 1 saturated carbocycles. The predicted octanol–water partition coefficient (Wildman–Crippen LogP) is 5.82. The molecule has 1 aliphatic carbocycles. The molecule has 6 rings (SSSR count). The van der Waals surface area contributed by atoms with Gasteiger partial charge in [0.05, 0.1) is 18.0 Å².